The van der Waals surface area contributed by atoms with Crippen LogP contribution in [0.25, 0.3) is 11.4 Å². The normalized spacial score (nSPS) is 10.5. The Morgan fingerprint density at radius 1 is 1.37 bits per heavy atom. The molecule has 4 nitrogen and oxygen atoms in total. The maximum atomic E-state index is 11.4. The zero-order chi connectivity index (χ0) is 13.8. The van der Waals surface area contributed by atoms with Crippen LogP contribution >= 0.6 is 11.5 Å². The lowest BCUT2D eigenvalue weighted by Gasteiger charge is -1.99. The van der Waals surface area contributed by atoms with E-state index in [1.165, 1.54) is 22.7 Å². The topological polar surface area (TPSA) is 53.3 Å². The van der Waals surface area contributed by atoms with E-state index in [2.05, 4.69) is 35.3 Å². The second-order valence-electron chi connectivity index (χ2n) is 4.36. The highest BCUT2D eigenvalue weighted by Gasteiger charge is 2.18. The van der Waals surface area contributed by atoms with Crippen LogP contribution in [0.3, 0.4) is 0 Å². The molecule has 0 aliphatic heterocycles. The standard InChI is InChI=1S/C14H16N2O2S/c1-4-18-13(17)8-12-15-14(16-19-12)11-6-5-9(2)10(3)7-11/h5-7H,4,8H2,1-3H3/p+1. The van der Waals surface area contributed by atoms with Crippen molar-refractivity contribution < 1.29 is 14.5 Å². The highest BCUT2D eigenvalue weighted by Crippen LogP contribution is 2.18. The molecule has 0 saturated carbocycles. The Hall–Kier alpha value is -1.75. The summed E-state index contributed by atoms with van der Waals surface area (Å²) in [5.74, 6) is 0.571. The van der Waals surface area contributed by atoms with Gasteiger partial charge in [-0.25, -0.2) is 4.98 Å². The number of carbonyl (C=O) groups excluding carboxylic acids is 1. The first-order valence-corrected chi connectivity index (χ1v) is 6.98. The van der Waals surface area contributed by atoms with E-state index in [1.807, 2.05) is 6.07 Å². The van der Waals surface area contributed by atoms with Crippen molar-refractivity contribution in [1.82, 2.24) is 4.37 Å². The third kappa shape index (κ3) is 3.38. The smallest absolute Gasteiger partial charge is 0.343 e. The summed E-state index contributed by atoms with van der Waals surface area (Å²) in [5, 5.41) is 0.812. The Bertz CT molecular complexity index is 593. The van der Waals surface area contributed by atoms with Gasteiger partial charge >= 0.3 is 11.8 Å². The van der Waals surface area contributed by atoms with Crippen molar-refractivity contribution in [2.24, 2.45) is 0 Å². The minimum atomic E-state index is -0.228. The number of benzene rings is 1. The molecule has 0 radical (unpaired) electrons. The average Bonchev–Trinajstić information content (AvgIpc) is 2.81. The van der Waals surface area contributed by atoms with Crippen molar-refractivity contribution in [3.05, 3.63) is 34.3 Å². The molecule has 0 amide bonds. The third-order valence-electron chi connectivity index (χ3n) is 2.90. The van der Waals surface area contributed by atoms with Gasteiger partial charge in [0.05, 0.1) is 12.2 Å². The molecular weight excluding hydrogens is 260 g/mol. The van der Waals surface area contributed by atoms with E-state index in [1.54, 1.807) is 6.92 Å². The summed E-state index contributed by atoms with van der Waals surface area (Å²) in [6.45, 7) is 6.36. The molecule has 0 aliphatic rings. The maximum absolute atomic E-state index is 11.4. The van der Waals surface area contributed by atoms with Gasteiger partial charge < -0.3 is 4.74 Å². The Morgan fingerprint density at radius 3 is 2.84 bits per heavy atom. The van der Waals surface area contributed by atoms with E-state index in [0.29, 0.717) is 6.61 Å². The fourth-order valence-electron chi connectivity index (χ4n) is 1.71. The number of aromatic amines is 1. The van der Waals surface area contributed by atoms with Crippen LogP contribution in [0.15, 0.2) is 18.2 Å². The quantitative estimate of drug-likeness (QED) is 0.806. The van der Waals surface area contributed by atoms with Crippen LogP contribution in [-0.4, -0.2) is 16.9 Å². The highest BCUT2D eigenvalue weighted by atomic mass is 32.1. The van der Waals surface area contributed by atoms with Crippen LogP contribution in [0.4, 0.5) is 0 Å². The molecule has 0 spiro atoms. The van der Waals surface area contributed by atoms with Gasteiger partial charge in [-0.2, -0.15) is 0 Å². The third-order valence-corrected chi connectivity index (χ3v) is 3.64. The Labute approximate surface area is 116 Å². The largest absolute Gasteiger partial charge is 0.466 e. The summed E-state index contributed by atoms with van der Waals surface area (Å²) in [6.07, 6.45) is 0.246. The average molecular weight is 277 g/mol. The number of hydrogen-bond acceptors (Lipinski definition) is 4. The molecule has 0 unspecified atom stereocenters. The van der Waals surface area contributed by atoms with Crippen molar-refractivity contribution in [2.45, 2.75) is 27.2 Å². The number of nitrogens with one attached hydrogen (secondary N) is 1. The van der Waals surface area contributed by atoms with Gasteiger partial charge in [-0.05, 0) is 44.0 Å². The predicted octanol–water partition coefficient (Wildman–Crippen LogP) is 2.35. The van der Waals surface area contributed by atoms with Crippen molar-refractivity contribution in [3.8, 4) is 11.4 Å². The van der Waals surface area contributed by atoms with Crippen molar-refractivity contribution >= 4 is 17.5 Å². The number of carbonyl (C=O) groups is 1. The maximum Gasteiger partial charge on any atom is 0.343 e. The minimum Gasteiger partial charge on any atom is -0.466 e. The number of rotatable bonds is 4. The highest BCUT2D eigenvalue weighted by molar-refractivity contribution is 7.05. The van der Waals surface area contributed by atoms with Crippen LogP contribution in [0.1, 0.15) is 23.1 Å². The number of nitrogens with zero attached hydrogens (tertiary/aromatic N) is 1. The summed E-state index contributed by atoms with van der Waals surface area (Å²) in [4.78, 5) is 14.6. The summed E-state index contributed by atoms with van der Waals surface area (Å²) in [6, 6.07) is 6.19. The van der Waals surface area contributed by atoms with Gasteiger partial charge in [0.1, 0.15) is 18.0 Å². The molecule has 0 fully saturated rings. The van der Waals surface area contributed by atoms with Gasteiger partial charge in [-0.3, -0.25) is 4.79 Å². The van der Waals surface area contributed by atoms with Crippen molar-refractivity contribution in [2.75, 3.05) is 6.61 Å². The molecule has 19 heavy (non-hydrogen) atoms. The number of esters is 1. The molecule has 0 aliphatic carbocycles. The number of aryl methyl sites for hydroxylation is 2. The molecule has 1 N–H and O–H groups in total. The van der Waals surface area contributed by atoms with Gasteiger partial charge in [0.15, 0.2) is 0 Å². The van der Waals surface area contributed by atoms with Gasteiger partial charge in [0, 0.05) is 4.37 Å². The fourth-order valence-corrected chi connectivity index (χ4v) is 2.39. The number of H-pyrrole nitrogens is 1. The van der Waals surface area contributed by atoms with Crippen LogP contribution in [-0.2, 0) is 16.0 Å². The summed E-state index contributed by atoms with van der Waals surface area (Å²) in [5.41, 5.74) is 3.52. The molecule has 1 aromatic carbocycles. The van der Waals surface area contributed by atoms with E-state index in [-0.39, 0.29) is 12.4 Å². The van der Waals surface area contributed by atoms with E-state index in [4.69, 9.17) is 4.74 Å². The van der Waals surface area contributed by atoms with Gasteiger partial charge in [-0.15, -0.1) is 0 Å². The first-order valence-electron chi connectivity index (χ1n) is 6.21. The number of ether oxygens (including phenoxy) is 1. The van der Waals surface area contributed by atoms with Crippen LogP contribution < -0.4 is 4.98 Å². The zero-order valence-electron chi connectivity index (χ0n) is 11.3. The predicted molar refractivity (Wildman–Crippen MR) is 73.9 cm³/mol. The second-order valence-corrected chi connectivity index (χ2v) is 5.22. The molecule has 5 heteroatoms. The lowest BCUT2D eigenvalue weighted by Crippen LogP contribution is -2.15. The monoisotopic (exact) mass is 277 g/mol. The van der Waals surface area contributed by atoms with Gasteiger partial charge in [0.2, 0.25) is 5.01 Å². The molecule has 2 rings (SSSR count). The molecule has 0 bridgehead atoms. The van der Waals surface area contributed by atoms with Crippen LogP contribution in [0.5, 0.6) is 0 Å². The summed E-state index contributed by atoms with van der Waals surface area (Å²) < 4.78 is 9.26. The van der Waals surface area contributed by atoms with Crippen LogP contribution in [0.2, 0.25) is 0 Å². The number of hydrogen-bond donors (Lipinski definition) is 0. The molecule has 100 valence electrons. The van der Waals surface area contributed by atoms with Gasteiger partial charge in [-0.1, -0.05) is 6.07 Å². The van der Waals surface area contributed by atoms with Crippen molar-refractivity contribution in [1.29, 1.82) is 0 Å². The number of aromatic nitrogens is 2. The Balaban J connectivity index is 2.16. The van der Waals surface area contributed by atoms with E-state index in [0.717, 1.165) is 16.4 Å². The minimum absolute atomic E-state index is 0.228. The molecule has 2 aromatic rings. The van der Waals surface area contributed by atoms with Crippen LogP contribution in [0, 0.1) is 13.8 Å². The Morgan fingerprint density at radius 2 is 2.16 bits per heavy atom. The van der Waals surface area contributed by atoms with E-state index < -0.39 is 0 Å². The molecule has 0 atom stereocenters. The molecule has 1 aromatic heterocycles. The Kier molecular flexibility index (Phi) is 4.27. The van der Waals surface area contributed by atoms with E-state index in [9.17, 15) is 4.79 Å². The lowest BCUT2D eigenvalue weighted by molar-refractivity contribution is -0.371. The fraction of sp³-hybridized carbons (Fsp3) is 0.357. The first-order chi connectivity index (χ1) is 9.10. The first kappa shape index (κ1) is 13.7. The zero-order valence-corrected chi connectivity index (χ0v) is 12.1. The summed E-state index contributed by atoms with van der Waals surface area (Å²) in [7, 11) is 0. The SMILES string of the molecule is CCOC(=O)Cc1[nH+]c(-c2ccc(C)c(C)c2)ns1. The summed E-state index contributed by atoms with van der Waals surface area (Å²) >= 11 is 1.30. The lowest BCUT2D eigenvalue weighted by atomic mass is 10.1. The second kappa shape index (κ2) is 5.93. The molecular formula is C14H17N2O2S+. The van der Waals surface area contributed by atoms with Gasteiger partial charge in [0.25, 0.3) is 0 Å². The molecule has 0 saturated heterocycles. The van der Waals surface area contributed by atoms with Crippen molar-refractivity contribution in [3.63, 3.8) is 0 Å². The van der Waals surface area contributed by atoms with E-state index >= 15 is 0 Å². The molecule has 1 heterocycles.